The van der Waals surface area contributed by atoms with Crippen LogP contribution in [-0.4, -0.2) is 32.0 Å². The molecule has 2 aromatic carbocycles. The SMILES string of the molecule is COc1ccc(C(C)=O)cc1CC(=O)NCCCCOc1ccc(Cl)cc1. The molecule has 0 aromatic heterocycles. The van der Waals surface area contributed by atoms with Gasteiger partial charge >= 0.3 is 0 Å². The molecule has 0 unspecified atom stereocenters. The molecule has 0 spiro atoms. The molecule has 6 heteroatoms. The third-order valence-corrected chi connectivity index (χ3v) is 4.27. The first-order chi connectivity index (χ1) is 13.0. The second-order valence-electron chi connectivity index (χ2n) is 6.12. The molecule has 1 amide bonds. The molecule has 0 aliphatic carbocycles. The average Bonchev–Trinajstić information content (AvgIpc) is 2.65. The summed E-state index contributed by atoms with van der Waals surface area (Å²) in [4.78, 5) is 23.7. The zero-order chi connectivity index (χ0) is 19.6. The van der Waals surface area contributed by atoms with Gasteiger partial charge in [-0.05, 0) is 62.2 Å². The van der Waals surface area contributed by atoms with Gasteiger partial charge in [0.05, 0.1) is 20.1 Å². The normalized spacial score (nSPS) is 10.3. The van der Waals surface area contributed by atoms with Crippen molar-refractivity contribution < 1.29 is 19.1 Å². The Bertz CT molecular complexity index is 774. The molecule has 0 saturated heterocycles. The van der Waals surface area contributed by atoms with Crippen LogP contribution in [0.1, 0.15) is 35.7 Å². The number of unbranched alkanes of at least 4 members (excludes halogenated alkanes) is 1. The minimum absolute atomic E-state index is 0.0417. The molecule has 0 aliphatic heterocycles. The molecule has 0 saturated carbocycles. The van der Waals surface area contributed by atoms with Crippen LogP contribution in [-0.2, 0) is 11.2 Å². The first-order valence-electron chi connectivity index (χ1n) is 8.82. The van der Waals surface area contributed by atoms with E-state index < -0.39 is 0 Å². The van der Waals surface area contributed by atoms with Gasteiger partial charge in [0.2, 0.25) is 5.91 Å². The smallest absolute Gasteiger partial charge is 0.224 e. The number of Topliss-reactive ketones (excluding diaryl/α,β-unsaturated/α-hetero) is 1. The Morgan fingerprint density at radius 1 is 1.07 bits per heavy atom. The number of ether oxygens (including phenoxy) is 2. The van der Waals surface area contributed by atoms with Crippen molar-refractivity contribution in [1.29, 1.82) is 0 Å². The minimum Gasteiger partial charge on any atom is -0.496 e. The summed E-state index contributed by atoms with van der Waals surface area (Å²) in [7, 11) is 1.55. The summed E-state index contributed by atoms with van der Waals surface area (Å²) in [5.41, 5.74) is 1.27. The van der Waals surface area contributed by atoms with Gasteiger partial charge in [-0.1, -0.05) is 11.6 Å². The number of benzene rings is 2. The Hall–Kier alpha value is -2.53. The van der Waals surface area contributed by atoms with E-state index in [0.29, 0.717) is 35.1 Å². The van der Waals surface area contributed by atoms with Gasteiger partial charge in [-0.3, -0.25) is 9.59 Å². The molecular weight excluding hydrogens is 366 g/mol. The van der Waals surface area contributed by atoms with Crippen molar-refractivity contribution in [3.8, 4) is 11.5 Å². The van der Waals surface area contributed by atoms with Crippen molar-refractivity contribution >= 4 is 23.3 Å². The Morgan fingerprint density at radius 3 is 2.48 bits per heavy atom. The molecule has 0 fully saturated rings. The fourth-order valence-electron chi connectivity index (χ4n) is 2.55. The number of amides is 1. The van der Waals surface area contributed by atoms with Crippen LogP contribution in [0.5, 0.6) is 11.5 Å². The number of rotatable bonds is 10. The van der Waals surface area contributed by atoms with Gasteiger partial charge in [0, 0.05) is 22.7 Å². The molecule has 0 aliphatic rings. The molecule has 2 rings (SSSR count). The minimum atomic E-state index is -0.104. The molecule has 5 nitrogen and oxygen atoms in total. The Morgan fingerprint density at radius 2 is 1.81 bits per heavy atom. The van der Waals surface area contributed by atoms with Gasteiger partial charge < -0.3 is 14.8 Å². The maximum absolute atomic E-state index is 12.2. The second-order valence-corrected chi connectivity index (χ2v) is 6.56. The van der Waals surface area contributed by atoms with Gasteiger partial charge in [0.25, 0.3) is 0 Å². The second kappa shape index (κ2) is 10.6. The maximum atomic E-state index is 12.2. The summed E-state index contributed by atoms with van der Waals surface area (Å²) >= 11 is 5.82. The molecular formula is C21H24ClNO4. The van der Waals surface area contributed by atoms with Crippen molar-refractivity contribution in [3.05, 3.63) is 58.6 Å². The number of halogens is 1. The fourth-order valence-corrected chi connectivity index (χ4v) is 2.67. The first kappa shape index (κ1) is 20.8. The van der Waals surface area contributed by atoms with Gasteiger partial charge in [-0.15, -0.1) is 0 Å². The third-order valence-electron chi connectivity index (χ3n) is 4.01. The van der Waals surface area contributed by atoms with E-state index in [-0.39, 0.29) is 18.1 Å². The maximum Gasteiger partial charge on any atom is 0.224 e. The van der Waals surface area contributed by atoms with Crippen LogP contribution in [0.3, 0.4) is 0 Å². The van der Waals surface area contributed by atoms with E-state index in [4.69, 9.17) is 21.1 Å². The van der Waals surface area contributed by atoms with E-state index >= 15 is 0 Å². The fraction of sp³-hybridized carbons (Fsp3) is 0.333. The molecule has 1 N–H and O–H groups in total. The summed E-state index contributed by atoms with van der Waals surface area (Å²) in [6.45, 7) is 2.64. The number of methoxy groups -OCH3 is 1. The highest BCUT2D eigenvalue weighted by Crippen LogP contribution is 2.21. The van der Waals surface area contributed by atoms with Crippen molar-refractivity contribution in [3.63, 3.8) is 0 Å². The predicted octanol–water partition coefficient (Wildman–Crippen LogP) is 4.07. The van der Waals surface area contributed by atoms with E-state index in [1.807, 2.05) is 12.1 Å². The summed E-state index contributed by atoms with van der Waals surface area (Å²) in [5, 5.41) is 3.56. The van der Waals surface area contributed by atoms with Crippen LogP contribution in [0.15, 0.2) is 42.5 Å². The zero-order valence-corrected chi connectivity index (χ0v) is 16.3. The van der Waals surface area contributed by atoms with Crippen molar-refractivity contribution in [2.45, 2.75) is 26.2 Å². The lowest BCUT2D eigenvalue weighted by atomic mass is 10.0. The molecule has 0 radical (unpaired) electrons. The standard InChI is InChI=1S/C21H24ClNO4/c1-15(24)16-5-10-20(26-2)17(13-16)14-21(25)23-11-3-4-12-27-19-8-6-18(22)7-9-19/h5-10,13H,3-4,11-12,14H2,1-2H3,(H,23,25). The van der Waals surface area contributed by atoms with E-state index in [0.717, 1.165) is 18.6 Å². The number of carbonyl (C=O) groups is 2. The van der Waals surface area contributed by atoms with Crippen LogP contribution in [0.4, 0.5) is 0 Å². The number of ketones is 1. The summed E-state index contributed by atoms with van der Waals surface area (Å²) in [6, 6.07) is 12.3. The number of hydrogen-bond acceptors (Lipinski definition) is 4. The molecule has 144 valence electrons. The van der Waals surface area contributed by atoms with Gasteiger partial charge in [-0.25, -0.2) is 0 Å². The van der Waals surface area contributed by atoms with E-state index in [2.05, 4.69) is 5.32 Å². The van der Waals surface area contributed by atoms with Gasteiger partial charge in [0.15, 0.2) is 5.78 Å². The van der Waals surface area contributed by atoms with Crippen LogP contribution >= 0.6 is 11.6 Å². The van der Waals surface area contributed by atoms with Crippen molar-refractivity contribution in [2.24, 2.45) is 0 Å². The lowest BCUT2D eigenvalue weighted by molar-refractivity contribution is -0.120. The number of carbonyl (C=O) groups excluding carboxylic acids is 2. The summed E-state index contributed by atoms with van der Waals surface area (Å²) in [5.74, 6) is 1.24. The predicted molar refractivity (Wildman–Crippen MR) is 106 cm³/mol. The Labute approximate surface area is 164 Å². The topological polar surface area (TPSA) is 64.6 Å². The molecule has 27 heavy (non-hydrogen) atoms. The van der Waals surface area contributed by atoms with Crippen molar-refractivity contribution in [2.75, 3.05) is 20.3 Å². The summed E-state index contributed by atoms with van der Waals surface area (Å²) in [6.07, 6.45) is 1.81. The highest BCUT2D eigenvalue weighted by Gasteiger charge is 2.11. The van der Waals surface area contributed by atoms with Gasteiger partial charge in [-0.2, -0.15) is 0 Å². The van der Waals surface area contributed by atoms with E-state index in [9.17, 15) is 9.59 Å². The molecule has 0 bridgehead atoms. The Balaban J connectivity index is 1.71. The van der Waals surface area contributed by atoms with Crippen LogP contribution in [0, 0.1) is 0 Å². The van der Waals surface area contributed by atoms with E-state index in [1.165, 1.54) is 6.92 Å². The molecule has 0 heterocycles. The Kier molecular flexibility index (Phi) is 8.14. The number of nitrogens with one attached hydrogen (secondary N) is 1. The highest BCUT2D eigenvalue weighted by molar-refractivity contribution is 6.30. The van der Waals surface area contributed by atoms with Crippen LogP contribution < -0.4 is 14.8 Å². The first-order valence-corrected chi connectivity index (χ1v) is 9.20. The monoisotopic (exact) mass is 389 g/mol. The zero-order valence-electron chi connectivity index (χ0n) is 15.6. The van der Waals surface area contributed by atoms with Gasteiger partial charge in [0.1, 0.15) is 11.5 Å². The third kappa shape index (κ3) is 6.94. The summed E-state index contributed by atoms with van der Waals surface area (Å²) < 4.78 is 10.9. The highest BCUT2D eigenvalue weighted by atomic mass is 35.5. The van der Waals surface area contributed by atoms with Crippen LogP contribution in [0.25, 0.3) is 0 Å². The average molecular weight is 390 g/mol. The lowest BCUT2D eigenvalue weighted by Gasteiger charge is -2.11. The number of hydrogen-bond donors (Lipinski definition) is 1. The largest absolute Gasteiger partial charge is 0.496 e. The quantitative estimate of drug-likeness (QED) is 0.491. The lowest BCUT2D eigenvalue weighted by Crippen LogP contribution is -2.26. The van der Waals surface area contributed by atoms with Crippen molar-refractivity contribution in [1.82, 2.24) is 5.32 Å². The van der Waals surface area contributed by atoms with Crippen LogP contribution in [0.2, 0.25) is 5.02 Å². The van der Waals surface area contributed by atoms with E-state index in [1.54, 1.807) is 37.4 Å². The molecule has 2 aromatic rings. The molecule has 0 atom stereocenters.